The molecule has 2 aromatic rings. The topological polar surface area (TPSA) is 43.1 Å². The summed E-state index contributed by atoms with van der Waals surface area (Å²) in [5, 5.41) is 0. The molecule has 0 saturated carbocycles. The van der Waals surface area contributed by atoms with E-state index in [-0.39, 0.29) is 5.92 Å². The van der Waals surface area contributed by atoms with Crippen molar-refractivity contribution in [2.45, 2.75) is 18.6 Å². The first-order valence-electron chi connectivity index (χ1n) is 6.85. The molecular weight excluding hydrogens is 266 g/mol. The van der Waals surface area contributed by atoms with E-state index in [0.717, 1.165) is 5.56 Å². The van der Waals surface area contributed by atoms with Gasteiger partial charge in [-0.3, -0.25) is 4.21 Å². The van der Waals surface area contributed by atoms with Crippen molar-refractivity contribution in [2.24, 2.45) is 5.73 Å². The van der Waals surface area contributed by atoms with Crippen LogP contribution in [0.2, 0.25) is 0 Å². The predicted octanol–water partition coefficient (Wildman–Crippen LogP) is 2.99. The van der Waals surface area contributed by atoms with E-state index in [4.69, 9.17) is 5.73 Å². The van der Waals surface area contributed by atoms with Crippen molar-refractivity contribution < 1.29 is 4.21 Å². The summed E-state index contributed by atoms with van der Waals surface area (Å²) >= 11 is 0. The molecule has 2 N–H and O–H groups in total. The van der Waals surface area contributed by atoms with Crippen LogP contribution in [-0.2, 0) is 16.6 Å². The lowest BCUT2D eigenvalue weighted by atomic mass is 10.0. The lowest BCUT2D eigenvalue weighted by Crippen LogP contribution is -2.19. The van der Waals surface area contributed by atoms with Crippen LogP contribution in [0.5, 0.6) is 0 Å². The highest BCUT2D eigenvalue weighted by molar-refractivity contribution is 7.84. The first-order chi connectivity index (χ1) is 9.70. The Bertz CT molecular complexity index is 568. The summed E-state index contributed by atoms with van der Waals surface area (Å²) in [5.74, 6) is 1.39. The summed E-state index contributed by atoms with van der Waals surface area (Å²) < 4.78 is 12.4. The summed E-state index contributed by atoms with van der Waals surface area (Å²) in [6, 6.07) is 18.2. The second kappa shape index (κ2) is 7.36. The highest BCUT2D eigenvalue weighted by Gasteiger charge is 2.14. The largest absolute Gasteiger partial charge is 0.330 e. The van der Waals surface area contributed by atoms with Crippen molar-refractivity contribution in [1.82, 2.24) is 0 Å². The van der Waals surface area contributed by atoms with E-state index in [2.05, 4.69) is 25.1 Å². The molecule has 0 saturated heterocycles. The zero-order chi connectivity index (χ0) is 14.4. The van der Waals surface area contributed by atoms with Gasteiger partial charge < -0.3 is 5.73 Å². The van der Waals surface area contributed by atoms with E-state index in [1.165, 1.54) is 11.1 Å². The molecule has 2 rings (SSSR count). The normalized spacial score (nSPS) is 13.9. The summed E-state index contributed by atoms with van der Waals surface area (Å²) in [7, 11) is -0.892. The van der Waals surface area contributed by atoms with Crippen molar-refractivity contribution in [1.29, 1.82) is 0 Å². The minimum absolute atomic E-state index is 0.168. The monoisotopic (exact) mass is 287 g/mol. The number of aryl methyl sites for hydroxylation is 1. The third kappa shape index (κ3) is 4.02. The highest BCUT2D eigenvalue weighted by atomic mass is 32.2. The predicted molar refractivity (Wildman–Crippen MR) is 86.1 cm³/mol. The molecular formula is C17H21NOS. The molecule has 20 heavy (non-hydrogen) atoms. The molecule has 0 spiro atoms. The third-order valence-corrected chi connectivity index (χ3v) is 4.93. The Balaban J connectivity index is 2.02. The van der Waals surface area contributed by atoms with Crippen LogP contribution in [0.1, 0.15) is 22.6 Å². The first-order valence-corrected chi connectivity index (χ1v) is 8.34. The minimum atomic E-state index is -0.892. The minimum Gasteiger partial charge on any atom is -0.330 e. The molecule has 2 nitrogen and oxygen atoms in total. The van der Waals surface area contributed by atoms with Gasteiger partial charge in [-0.25, -0.2) is 0 Å². The van der Waals surface area contributed by atoms with E-state index in [9.17, 15) is 4.21 Å². The third-order valence-electron chi connectivity index (χ3n) is 3.52. The van der Waals surface area contributed by atoms with Gasteiger partial charge >= 0.3 is 0 Å². The molecule has 0 heterocycles. The standard InChI is InChI=1S/C17H21NOS/c1-14-7-5-6-10-16(14)12-20(19)13-17(11-18)15-8-3-2-4-9-15/h2-10,17H,11-13,18H2,1H3. The molecule has 2 aromatic carbocycles. The molecule has 2 atom stereocenters. The maximum Gasteiger partial charge on any atom is 0.0488 e. The maximum atomic E-state index is 12.4. The smallest absolute Gasteiger partial charge is 0.0488 e. The molecule has 0 aliphatic carbocycles. The maximum absolute atomic E-state index is 12.4. The molecule has 0 amide bonds. The number of hydrogen-bond acceptors (Lipinski definition) is 2. The van der Waals surface area contributed by atoms with Crippen LogP contribution in [0.25, 0.3) is 0 Å². The zero-order valence-electron chi connectivity index (χ0n) is 11.8. The first kappa shape index (κ1) is 14.9. The Hall–Kier alpha value is -1.45. The zero-order valence-corrected chi connectivity index (χ0v) is 12.6. The molecule has 0 aliphatic rings. The Labute approximate surface area is 123 Å². The second-order valence-electron chi connectivity index (χ2n) is 5.02. The van der Waals surface area contributed by atoms with Crippen LogP contribution in [0.4, 0.5) is 0 Å². The van der Waals surface area contributed by atoms with Crippen LogP contribution >= 0.6 is 0 Å². The van der Waals surface area contributed by atoms with Crippen LogP contribution in [0.3, 0.4) is 0 Å². The van der Waals surface area contributed by atoms with E-state index < -0.39 is 10.8 Å². The summed E-state index contributed by atoms with van der Waals surface area (Å²) in [4.78, 5) is 0. The van der Waals surface area contributed by atoms with Crippen LogP contribution in [-0.4, -0.2) is 16.5 Å². The van der Waals surface area contributed by atoms with Gasteiger partial charge in [-0.1, -0.05) is 54.6 Å². The van der Waals surface area contributed by atoms with Gasteiger partial charge in [0.25, 0.3) is 0 Å². The van der Waals surface area contributed by atoms with E-state index in [1.807, 2.05) is 36.4 Å². The van der Waals surface area contributed by atoms with Gasteiger partial charge in [0.2, 0.25) is 0 Å². The fourth-order valence-corrected chi connectivity index (χ4v) is 3.82. The van der Waals surface area contributed by atoms with Gasteiger partial charge in [0.1, 0.15) is 0 Å². The molecule has 0 aromatic heterocycles. The fourth-order valence-electron chi connectivity index (χ4n) is 2.25. The number of benzene rings is 2. The van der Waals surface area contributed by atoms with Crippen molar-refractivity contribution in [3.8, 4) is 0 Å². The molecule has 106 valence electrons. The molecule has 3 heteroatoms. The molecule has 0 bridgehead atoms. The Morgan fingerprint density at radius 2 is 1.70 bits per heavy atom. The average Bonchev–Trinajstić information content (AvgIpc) is 2.48. The SMILES string of the molecule is Cc1ccccc1CS(=O)CC(CN)c1ccccc1. The molecule has 0 aliphatic heterocycles. The second-order valence-corrected chi connectivity index (χ2v) is 6.52. The van der Waals surface area contributed by atoms with Gasteiger partial charge in [-0.15, -0.1) is 0 Å². The number of nitrogens with two attached hydrogens (primary N) is 1. The Kier molecular flexibility index (Phi) is 5.50. The van der Waals surface area contributed by atoms with Gasteiger partial charge in [0.05, 0.1) is 0 Å². The Morgan fingerprint density at radius 3 is 2.35 bits per heavy atom. The Morgan fingerprint density at radius 1 is 1.05 bits per heavy atom. The van der Waals surface area contributed by atoms with Crippen molar-refractivity contribution >= 4 is 10.8 Å². The average molecular weight is 287 g/mol. The van der Waals surface area contributed by atoms with Crippen molar-refractivity contribution in [2.75, 3.05) is 12.3 Å². The quantitative estimate of drug-likeness (QED) is 0.887. The highest BCUT2D eigenvalue weighted by Crippen LogP contribution is 2.18. The van der Waals surface area contributed by atoms with Crippen molar-refractivity contribution in [3.63, 3.8) is 0 Å². The number of rotatable bonds is 6. The van der Waals surface area contributed by atoms with E-state index in [0.29, 0.717) is 18.1 Å². The van der Waals surface area contributed by atoms with Gasteiger partial charge in [0, 0.05) is 34.8 Å². The summed E-state index contributed by atoms with van der Waals surface area (Å²) in [6.07, 6.45) is 0. The fraction of sp³-hybridized carbons (Fsp3) is 0.294. The lowest BCUT2D eigenvalue weighted by molar-refractivity contribution is 0.672. The summed E-state index contributed by atoms with van der Waals surface area (Å²) in [5.41, 5.74) is 9.38. The van der Waals surface area contributed by atoms with E-state index in [1.54, 1.807) is 0 Å². The number of hydrogen-bond donors (Lipinski definition) is 1. The molecule has 2 unspecified atom stereocenters. The lowest BCUT2D eigenvalue weighted by Gasteiger charge is -2.15. The molecule has 0 radical (unpaired) electrons. The summed E-state index contributed by atoms with van der Waals surface area (Å²) in [6.45, 7) is 2.59. The molecule has 0 fully saturated rings. The van der Waals surface area contributed by atoms with Crippen molar-refractivity contribution in [3.05, 3.63) is 71.3 Å². The van der Waals surface area contributed by atoms with Gasteiger partial charge in [-0.05, 0) is 23.6 Å². The van der Waals surface area contributed by atoms with Crippen LogP contribution in [0, 0.1) is 6.92 Å². The van der Waals surface area contributed by atoms with Gasteiger partial charge in [-0.2, -0.15) is 0 Å². The van der Waals surface area contributed by atoms with Crippen LogP contribution in [0.15, 0.2) is 54.6 Å². The van der Waals surface area contributed by atoms with Crippen LogP contribution < -0.4 is 5.73 Å². The van der Waals surface area contributed by atoms with Gasteiger partial charge in [0.15, 0.2) is 0 Å². The van der Waals surface area contributed by atoms with E-state index >= 15 is 0 Å².